The van der Waals surface area contributed by atoms with Crippen LogP contribution in [-0.2, 0) is 20.9 Å². The van der Waals surface area contributed by atoms with Crippen molar-refractivity contribution < 1.29 is 27.9 Å². The molecule has 0 spiro atoms. The van der Waals surface area contributed by atoms with E-state index in [1.165, 1.54) is 21.9 Å². The van der Waals surface area contributed by atoms with Crippen molar-refractivity contribution in [3.05, 3.63) is 65.2 Å². The predicted octanol–water partition coefficient (Wildman–Crippen LogP) is 3.40. The molecular weight excluding hydrogens is 394 g/mol. The van der Waals surface area contributed by atoms with E-state index < -0.39 is 35.9 Å². The van der Waals surface area contributed by atoms with Gasteiger partial charge in [-0.3, -0.25) is 14.5 Å². The fourth-order valence-corrected chi connectivity index (χ4v) is 4.29. The Hall–Kier alpha value is -3.29. The summed E-state index contributed by atoms with van der Waals surface area (Å²) >= 11 is 0. The molecule has 156 valence electrons. The molecule has 1 saturated heterocycles. The summed E-state index contributed by atoms with van der Waals surface area (Å²) in [5.41, 5.74) is -1.13. The van der Waals surface area contributed by atoms with Crippen molar-refractivity contribution in [2.75, 3.05) is 4.90 Å². The number of carbonyl (C=O) groups is 3. The van der Waals surface area contributed by atoms with E-state index in [4.69, 9.17) is 4.74 Å². The smallest absolute Gasteiger partial charge is 0.354 e. The maximum Gasteiger partial charge on any atom is 0.354 e. The van der Waals surface area contributed by atoms with Gasteiger partial charge in [0.25, 0.3) is 5.91 Å². The number of nitrogens with zero attached hydrogens (tertiary/aromatic N) is 2. The van der Waals surface area contributed by atoms with E-state index in [0.29, 0.717) is 11.3 Å². The van der Waals surface area contributed by atoms with E-state index in [2.05, 4.69) is 0 Å². The Morgan fingerprint density at radius 3 is 2.60 bits per heavy atom. The molecule has 6 nitrogen and oxygen atoms in total. The summed E-state index contributed by atoms with van der Waals surface area (Å²) in [5, 5.41) is 0. The van der Waals surface area contributed by atoms with Crippen molar-refractivity contribution in [3.63, 3.8) is 0 Å². The molecule has 0 aliphatic carbocycles. The zero-order valence-electron chi connectivity index (χ0n) is 16.5. The summed E-state index contributed by atoms with van der Waals surface area (Å²) in [4.78, 5) is 42.1. The van der Waals surface area contributed by atoms with Crippen LogP contribution in [0, 0.1) is 11.6 Å². The lowest BCUT2D eigenvalue weighted by Gasteiger charge is -2.50. The summed E-state index contributed by atoms with van der Waals surface area (Å²) in [6.45, 7) is 2.97. The zero-order valence-corrected chi connectivity index (χ0v) is 16.5. The van der Waals surface area contributed by atoms with Crippen LogP contribution in [0.25, 0.3) is 0 Å². The Balaban J connectivity index is 1.76. The van der Waals surface area contributed by atoms with E-state index in [-0.39, 0.29) is 30.2 Å². The maximum atomic E-state index is 14.0. The molecule has 2 aliphatic heterocycles. The van der Waals surface area contributed by atoms with Gasteiger partial charge < -0.3 is 9.64 Å². The van der Waals surface area contributed by atoms with E-state index in [9.17, 15) is 23.2 Å². The molecule has 2 aliphatic rings. The molecule has 2 amide bonds. The number of fused-ring (bicyclic) bond motifs is 3. The minimum Gasteiger partial charge on any atom is -0.458 e. The second kappa shape index (κ2) is 7.19. The monoisotopic (exact) mass is 414 g/mol. The Bertz CT molecular complexity index is 1060. The summed E-state index contributed by atoms with van der Waals surface area (Å²) in [6.07, 6.45) is 0.100. The van der Waals surface area contributed by atoms with Gasteiger partial charge >= 0.3 is 5.97 Å². The van der Waals surface area contributed by atoms with Crippen molar-refractivity contribution in [1.82, 2.24) is 4.90 Å². The van der Waals surface area contributed by atoms with Crippen LogP contribution in [0.5, 0.6) is 0 Å². The Morgan fingerprint density at radius 2 is 1.87 bits per heavy atom. The molecule has 1 fully saturated rings. The SMILES string of the molecule is CC(C)N1C(=O)c2ccccc2N2C(=O)CCC21C(=O)OCc1cccc(F)c1F. The van der Waals surface area contributed by atoms with Gasteiger partial charge in [0, 0.05) is 24.4 Å². The Labute approximate surface area is 172 Å². The van der Waals surface area contributed by atoms with Gasteiger partial charge in [0.05, 0.1) is 11.3 Å². The molecule has 30 heavy (non-hydrogen) atoms. The molecule has 4 rings (SSSR count). The third-order valence-electron chi connectivity index (χ3n) is 5.53. The van der Waals surface area contributed by atoms with Crippen LogP contribution in [-0.4, -0.2) is 34.4 Å². The fourth-order valence-electron chi connectivity index (χ4n) is 4.29. The number of ether oxygens (including phenoxy) is 1. The van der Waals surface area contributed by atoms with E-state index in [1.807, 2.05) is 0 Å². The molecule has 0 N–H and O–H groups in total. The van der Waals surface area contributed by atoms with Crippen molar-refractivity contribution in [3.8, 4) is 0 Å². The lowest BCUT2D eigenvalue weighted by molar-refractivity contribution is -0.159. The van der Waals surface area contributed by atoms with Gasteiger partial charge in [-0.25, -0.2) is 13.6 Å². The highest BCUT2D eigenvalue weighted by atomic mass is 19.2. The number of halogens is 2. The minimum atomic E-state index is -1.67. The normalized spacial score (nSPS) is 20.4. The first-order valence-corrected chi connectivity index (χ1v) is 9.65. The van der Waals surface area contributed by atoms with Crippen LogP contribution in [0.2, 0.25) is 0 Å². The largest absolute Gasteiger partial charge is 0.458 e. The van der Waals surface area contributed by atoms with Gasteiger partial charge in [0.2, 0.25) is 11.6 Å². The average molecular weight is 414 g/mol. The predicted molar refractivity (Wildman–Crippen MR) is 103 cm³/mol. The number of anilines is 1. The number of amides is 2. The third-order valence-corrected chi connectivity index (χ3v) is 5.53. The number of hydrogen-bond acceptors (Lipinski definition) is 4. The zero-order chi connectivity index (χ0) is 21.6. The second-order valence-corrected chi connectivity index (χ2v) is 7.62. The molecule has 0 aromatic heterocycles. The summed E-state index contributed by atoms with van der Waals surface area (Å²) in [7, 11) is 0. The van der Waals surface area contributed by atoms with Crippen molar-refractivity contribution in [2.24, 2.45) is 0 Å². The van der Waals surface area contributed by atoms with Crippen molar-refractivity contribution in [1.29, 1.82) is 0 Å². The van der Waals surface area contributed by atoms with Crippen LogP contribution in [0.4, 0.5) is 14.5 Å². The standard InChI is InChI=1S/C22H20F2N2O4/c1-13(2)25-20(28)15-7-3-4-9-17(15)26-18(27)10-11-22(25,26)21(29)30-12-14-6-5-8-16(23)19(14)24/h3-9,13H,10-12H2,1-2H3. The van der Waals surface area contributed by atoms with Crippen LogP contribution in [0.1, 0.15) is 42.6 Å². The topological polar surface area (TPSA) is 66.9 Å². The van der Waals surface area contributed by atoms with Gasteiger partial charge in [-0.05, 0) is 32.0 Å². The highest BCUT2D eigenvalue weighted by molar-refractivity contribution is 6.15. The molecule has 1 atom stereocenters. The molecule has 1 unspecified atom stereocenters. The quantitative estimate of drug-likeness (QED) is 0.720. The van der Waals surface area contributed by atoms with E-state index >= 15 is 0 Å². The number of benzene rings is 2. The van der Waals surface area contributed by atoms with E-state index in [0.717, 1.165) is 6.07 Å². The average Bonchev–Trinajstić information content (AvgIpc) is 3.07. The molecule has 0 bridgehead atoms. The number of rotatable bonds is 4. The lowest BCUT2D eigenvalue weighted by atomic mass is 9.95. The lowest BCUT2D eigenvalue weighted by Crippen LogP contribution is -2.70. The molecule has 0 saturated carbocycles. The first-order chi connectivity index (χ1) is 14.3. The summed E-state index contributed by atoms with van der Waals surface area (Å²) < 4.78 is 32.8. The van der Waals surface area contributed by atoms with Gasteiger partial charge in [-0.1, -0.05) is 24.3 Å². The van der Waals surface area contributed by atoms with Crippen LogP contribution >= 0.6 is 0 Å². The Kier molecular flexibility index (Phi) is 4.80. The van der Waals surface area contributed by atoms with Crippen molar-refractivity contribution >= 4 is 23.5 Å². The third kappa shape index (κ3) is 2.78. The number of esters is 1. The van der Waals surface area contributed by atoms with Crippen LogP contribution in [0.3, 0.4) is 0 Å². The Morgan fingerprint density at radius 1 is 1.13 bits per heavy atom. The first-order valence-electron chi connectivity index (χ1n) is 9.65. The molecule has 0 radical (unpaired) electrons. The maximum absolute atomic E-state index is 14.0. The molecule has 2 heterocycles. The van der Waals surface area contributed by atoms with Gasteiger partial charge in [0.15, 0.2) is 11.6 Å². The van der Waals surface area contributed by atoms with Gasteiger partial charge in [-0.2, -0.15) is 0 Å². The molecule has 8 heteroatoms. The molecule has 2 aromatic carbocycles. The number of carbonyl (C=O) groups excluding carboxylic acids is 3. The number of hydrogen-bond donors (Lipinski definition) is 0. The summed E-state index contributed by atoms with van der Waals surface area (Å²) in [5.74, 6) is -3.71. The highest BCUT2D eigenvalue weighted by Crippen LogP contribution is 2.46. The van der Waals surface area contributed by atoms with E-state index in [1.54, 1.807) is 38.1 Å². The first kappa shape index (κ1) is 20.0. The van der Waals surface area contributed by atoms with Gasteiger partial charge in [0.1, 0.15) is 6.61 Å². The van der Waals surface area contributed by atoms with Gasteiger partial charge in [-0.15, -0.1) is 0 Å². The number of para-hydroxylation sites is 1. The molecular formula is C22H20F2N2O4. The second-order valence-electron chi connectivity index (χ2n) is 7.62. The molecule has 2 aromatic rings. The van der Waals surface area contributed by atoms with Crippen LogP contribution in [0.15, 0.2) is 42.5 Å². The highest BCUT2D eigenvalue weighted by Gasteiger charge is 2.62. The van der Waals surface area contributed by atoms with Crippen LogP contribution < -0.4 is 4.90 Å². The summed E-state index contributed by atoms with van der Waals surface area (Å²) in [6, 6.07) is 9.76. The fraction of sp³-hybridized carbons (Fsp3) is 0.318. The van der Waals surface area contributed by atoms with Crippen molar-refractivity contribution in [2.45, 2.75) is 45.0 Å². The minimum absolute atomic E-state index is 0.0499.